The zero-order valence-corrected chi connectivity index (χ0v) is 19.8. The molecule has 0 atom stereocenters. The second-order valence-electron chi connectivity index (χ2n) is 8.81. The van der Waals surface area contributed by atoms with Crippen molar-refractivity contribution in [3.05, 3.63) is 64.2 Å². The third-order valence-electron chi connectivity index (χ3n) is 5.87. The van der Waals surface area contributed by atoms with Crippen LogP contribution in [0.2, 0.25) is 5.02 Å². The van der Waals surface area contributed by atoms with E-state index in [0.717, 1.165) is 5.56 Å². The monoisotopic (exact) mass is 452 g/mol. The molecule has 1 amide bonds. The molecule has 1 N–H and O–H groups in total. The zero-order valence-electron chi connectivity index (χ0n) is 18.2. The molecule has 0 radical (unpaired) electrons. The number of hydrogen-bond donors (Lipinski definition) is 1. The fraction of sp³-hybridized carbons (Fsp3) is 0.360. The van der Waals surface area contributed by atoms with Gasteiger partial charge >= 0.3 is 0 Å². The number of ether oxygens (including phenoxy) is 1. The molecule has 1 fully saturated rings. The van der Waals surface area contributed by atoms with Crippen LogP contribution >= 0.6 is 23.4 Å². The van der Waals surface area contributed by atoms with Gasteiger partial charge in [-0.3, -0.25) is 4.79 Å². The van der Waals surface area contributed by atoms with Crippen molar-refractivity contribution in [2.45, 2.75) is 39.8 Å². The summed E-state index contributed by atoms with van der Waals surface area (Å²) < 4.78 is 6.27. The number of halogens is 1. The van der Waals surface area contributed by atoms with Crippen LogP contribution in [0.1, 0.15) is 49.2 Å². The highest BCUT2D eigenvalue weighted by atomic mass is 35.5. The first-order chi connectivity index (χ1) is 14.6. The molecule has 160 valence electrons. The quantitative estimate of drug-likeness (QED) is 0.622. The van der Waals surface area contributed by atoms with Gasteiger partial charge < -0.3 is 10.1 Å². The van der Waals surface area contributed by atoms with E-state index in [0.29, 0.717) is 21.9 Å². The topological polar surface area (TPSA) is 62.1 Å². The van der Waals surface area contributed by atoms with Gasteiger partial charge in [0.2, 0.25) is 0 Å². The lowest BCUT2D eigenvalue weighted by molar-refractivity contribution is -0.164. The Morgan fingerprint density at radius 1 is 1.13 bits per heavy atom. The van der Waals surface area contributed by atoms with Crippen molar-refractivity contribution >= 4 is 29.3 Å². The van der Waals surface area contributed by atoms with Crippen molar-refractivity contribution in [3.63, 3.8) is 0 Å². The normalized spacial score (nSPS) is 20.4. The van der Waals surface area contributed by atoms with Crippen LogP contribution in [0, 0.1) is 33.3 Å². The van der Waals surface area contributed by atoms with Gasteiger partial charge in [0.15, 0.2) is 0 Å². The van der Waals surface area contributed by atoms with Gasteiger partial charge in [0.1, 0.15) is 17.9 Å². The molecule has 0 saturated heterocycles. The average molecular weight is 453 g/mol. The molecule has 2 aromatic rings. The predicted octanol–water partition coefficient (Wildman–Crippen LogP) is 5.50. The lowest BCUT2D eigenvalue weighted by atomic mass is 9.49. The molecule has 31 heavy (non-hydrogen) atoms. The number of nitriles is 1. The molecule has 0 heterocycles. The van der Waals surface area contributed by atoms with Gasteiger partial charge in [-0.2, -0.15) is 5.26 Å². The summed E-state index contributed by atoms with van der Waals surface area (Å²) in [4.78, 5) is 12.9. The molecule has 6 heteroatoms. The van der Waals surface area contributed by atoms with Crippen molar-refractivity contribution < 1.29 is 9.53 Å². The first-order valence-electron chi connectivity index (χ1n) is 9.92. The Morgan fingerprint density at radius 2 is 1.77 bits per heavy atom. The molecule has 4 nitrogen and oxygen atoms in total. The van der Waals surface area contributed by atoms with Gasteiger partial charge in [0.25, 0.3) is 5.91 Å². The van der Waals surface area contributed by atoms with E-state index in [4.69, 9.17) is 21.6 Å². The number of benzene rings is 2. The fourth-order valence-electron chi connectivity index (χ4n) is 4.63. The molecular formula is C25H25ClN2O2S. The highest BCUT2D eigenvalue weighted by molar-refractivity contribution is 8.03. The minimum Gasteiger partial charge on any atom is -0.489 e. The van der Waals surface area contributed by atoms with Crippen molar-refractivity contribution in [2.75, 3.05) is 6.26 Å². The van der Waals surface area contributed by atoms with Crippen LogP contribution in [0.3, 0.4) is 0 Å². The molecule has 3 rings (SSSR count). The maximum absolute atomic E-state index is 12.9. The Hall–Kier alpha value is -2.60. The molecule has 2 aromatic carbocycles. The van der Waals surface area contributed by atoms with Gasteiger partial charge in [0.05, 0.1) is 10.6 Å². The van der Waals surface area contributed by atoms with Crippen LogP contribution < -0.4 is 10.1 Å². The number of carbonyl (C=O) groups is 1. The van der Waals surface area contributed by atoms with Crippen molar-refractivity contribution in [1.82, 2.24) is 5.32 Å². The van der Waals surface area contributed by atoms with Crippen LogP contribution in [-0.4, -0.2) is 24.3 Å². The zero-order chi connectivity index (χ0) is 22.8. The van der Waals surface area contributed by atoms with E-state index in [2.05, 4.69) is 50.3 Å². The summed E-state index contributed by atoms with van der Waals surface area (Å²) in [6.45, 7) is 8.33. The van der Waals surface area contributed by atoms with Crippen molar-refractivity contribution in [1.29, 1.82) is 5.26 Å². The Labute approximate surface area is 193 Å². The number of thioether (sulfide) groups is 1. The van der Waals surface area contributed by atoms with E-state index in [1.165, 1.54) is 11.8 Å². The number of carbonyl (C=O) groups excluding carboxylic acids is 1. The highest BCUT2D eigenvalue weighted by Gasteiger charge is 2.64. The third kappa shape index (κ3) is 4.54. The molecule has 0 spiro atoms. The number of amides is 1. The highest BCUT2D eigenvalue weighted by Crippen LogP contribution is 2.55. The number of rotatable bonds is 4. The van der Waals surface area contributed by atoms with Gasteiger partial charge in [-0.25, -0.2) is 0 Å². The Morgan fingerprint density at radius 3 is 2.32 bits per heavy atom. The summed E-state index contributed by atoms with van der Waals surface area (Å²) in [5.41, 5.74) is 1.29. The lowest BCUT2D eigenvalue weighted by Crippen LogP contribution is -2.74. The molecule has 0 aromatic heterocycles. The largest absolute Gasteiger partial charge is 0.489 e. The van der Waals surface area contributed by atoms with E-state index < -0.39 is 0 Å². The van der Waals surface area contributed by atoms with Crippen LogP contribution in [0.4, 0.5) is 0 Å². The van der Waals surface area contributed by atoms with Gasteiger partial charge in [0, 0.05) is 34.1 Å². The summed E-state index contributed by atoms with van der Waals surface area (Å²) in [7, 11) is 0. The Bertz CT molecular complexity index is 1080. The Kier molecular flexibility index (Phi) is 6.60. The summed E-state index contributed by atoms with van der Waals surface area (Å²) in [5, 5.41) is 15.6. The van der Waals surface area contributed by atoms with Gasteiger partial charge in [-0.15, -0.1) is 0 Å². The minimum absolute atomic E-state index is 0.0812. The number of hydrogen-bond acceptors (Lipinski definition) is 4. The molecule has 0 unspecified atom stereocenters. The van der Waals surface area contributed by atoms with Crippen molar-refractivity contribution in [3.8, 4) is 23.0 Å². The molecular weight excluding hydrogens is 428 g/mol. The summed E-state index contributed by atoms with van der Waals surface area (Å²) in [6.07, 6.45) is 1.78. The van der Waals surface area contributed by atoms with Crippen LogP contribution in [0.5, 0.6) is 5.75 Å². The molecule has 0 bridgehead atoms. The Balaban J connectivity index is 1.72. The smallest absolute Gasteiger partial charge is 0.251 e. The third-order valence-corrected chi connectivity index (χ3v) is 6.49. The standard InChI is InChI=1S/C25H25ClN2O2S/c1-24(2)22(28-21(29)17-8-6-16(7-9-17)12-13-31-5)25(3,4)23(24)30-19-11-10-18(15-27)20(26)14-19/h6-11,14,22-23H,1-5H3,(H,28,29)/t22-,23-. The SMILES string of the molecule is CSC#Cc1ccc(C(=O)N[C@H]2C(C)(C)[C@H](Oc3ccc(C#N)c(Cl)c3)C2(C)C)cc1. The maximum Gasteiger partial charge on any atom is 0.251 e. The van der Waals surface area contributed by atoms with Crippen LogP contribution in [-0.2, 0) is 0 Å². The summed E-state index contributed by atoms with van der Waals surface area (Å²) in [5.74, 6) is 3.52. The van der Waals surface area contributed by atoms with E-state index in [9.17, 15) is 4.79 Å². The number of nitrogens with zero attached hydrogens (tertiary/aromatic N) is 1. The molecule has 1 aliphatic rings. The van der Waals surface area contributed by atoms with Crippen molar-refractivity contribution in [2.24, 2.45) is 10.8 Å². The second-order valence-corrected chi connectivity index (χ2v) is 9.83. The lowest BCUT2D eigenvalue weighted by Gasteiger charge is -2.63. The maximum atomic E-state index is 12.9. The van der Waals surface area contributed by atoms with E-state index >= 15 is 0 Å². The summed E-state index contributed by atoms with van der Waals surface area (Å²) >= 11 is 7.61. The first kappa shape index (κ1) is 23.1. The minimum atomic E-state index is -0.302. The van der Waals surface area contributed by atoms with Crippen LogP contribution in [0.15, 0.2) is 42.5 Å². The van der Waals surface area contributed by atoms with E-state index in [-0.39, 0.29) is 28.9 Å². The van der Waals surface area contributed by atoms with Gasteiger partial charge in [-0.05, 0) is 47.9 Å². The second kappa shape index (κ2) is 8.87. The molecule has 1 saturated carbocycles. The van der Waals surface area contributed by atoms with E-state index in [1.54, 1.807) is 30.3 Å². The molecule has 1 aliphatic carbocycles. The number of nitrogens with one attached hydrogen (secondary N) is 1. The first-order valence-corrected chi connectivity index (χ1v) is 11.5. The van der Waals surface area contributed by atoms with E-state index in [1.807, 2.05) is 18.4 Å². The summed E-state index contributed by atoms with van der Waals surface area (Å²) in [6, 6.07) is 14.4. The molecule has 0 aliphatic heterocycles. The van der Waals surface area contributed by atoms with Crippen LogP contribution in [0.25, 0.3) is 0 Å². The fourth-order valence-corrected chi connectivity index (χ4v) is 5.06. The van der Waals surface area contributed by atoms with Gasteiger partial charge in [-0.1, -0.05) is 57.0 Å². The average Bonchev–Trinajstić information content (AvgIpc) is 2.74. The predicted molar refractivity (Wildman–Crippen MR) is 126 cm³/mol.